The highest BCUT2D eigenvalue weighted by atomic mass is 19.1. The molecule has 1 aliphatic rings. The van der Waals surface area contributed by atoms with Gasteiger partial charge in [-0.25, -0.2) is 4.39 Å². The van der Waals surface area contributed by atoms with Crippen LogP contribution in [-0.2, 0) is 0 Å². The number of para-hydroxylation sites is 2. The summed E-state index contributed by atoms with van der Waals surface area (Å²) in [7, 11) is 0. The number of hydrogen-bond acceptors (Lipinski definition) is 2. The summed E-state index contributed by atoms with van der Waals surface area (Å²) in [5.74, 6) is -0.377. The summed E-state index contributed by atoms with van der Waals surface area (Å²) in [6, 6.07) is 23.1. The van der Waals surface area contributed by atoms with Crippen LogP contribution in [0.4, 0.5) is 15.8 Å². The van der Waals surface area contributed by atoms with Crippen LogP contribution >= 0.6 is 0 Å². The van der Waals surface area contributed by atoms with E-state index in [4.69, 9.17) is 0 Å². The molecule has 24 heavy (non-hydrogen) atoms. The van der Waals surface area contributed by atoms with Crippen LogP contribution in [0.2, 0.25) is 0 Å². The first-order valence-electron chi connectivity index (χ1n) is 7.74. The van der Waals surface area contributed by atoms with Crippen molar-refractivity contribution in [3.63, 3.8) is 0 Å². The van der Waals surface area contributed by atoms with E-state index in [-0.39, 0.29) is 11.7 Å². The Morgan fingerprint density at radius 2 is 1.50 bits per heavy atom. The van der Waals surface area contributed by atoms with Crippen LogP contribution in [0.5, 0.6) is 0 Å². The van der Waals surface area contributed by atoms with Gasteiger partial charge in [0, 0.05) is 11.4 Å². The van der Waals surface area contributed by atoms with E-state index < -0.39 is 6.17 Å². The molecule has 0 unspecified atom stereocenters. The highest BCUT2D eigenvalue weighted by Crippen LogP contribution is 2.36. The second-order valence-electron chi connectivity index (χ2n) is 5.65. The van der Waals surface area contributed by atoms with Crippen LogP contribution in [0.3, 0.4) is 0 Å². The molecule has 0 spiro atoms. The Balaban J connectivity index is 1.86. The van der Waals surface area contributed by atoms with Gasteiger partial charge in [-0.2, -0.15) is 0 Å². The van der Waals surface area contributed by atoms with Crippen LogP contribution < -0.4 is 10.2 Å². The predicted octanol–water partition coefficient (Wildman–Crippen LogP) is 4.60. The quantitative estimate of drug-likeness (QED) is 0.749. The molecule has 0 saturated heterocycles. The summed E-state index contributed by atoms with van der Waals surface area (Å²) < 4.78 is 13.3. The molecule has 3 nitrogen and oxygen atoms in total. The van der Waals surface area contributed by atoms with Crippen molar-refractivity contribution in [1.82, 2.24) is 0 Å². The third kappa shape index (κ3) is 2.42. The summed E-state index contributed by atoms with van der Waals surface area (Å²) in [6.07, 6.45) is -0.393. The SMILES string of the molecule is O=C1c2ccccc2N[C@@H](c2ccc(F)cc2)N1c1ccccc1. The minimum atomic E-state index is -0.393. The number of carbonyl (C=O) groups is 1. The zero-order chi connectivity index (χ0) is 16.5. The van der Waals surface area contributed by atoms with E-state index in [1.807, 2.05) is 54.6 Å². The van der Waals surface area contributed by atoms with E-state index in [0.717, 1.165) is 16.9 Å². The van der Waals surface area contributed by atoms with Gasteiger partial charge in [-0.15, -0.1) is 0 Å². The van der Waals surface area contributed by atoms with Crippen molar-refractivity contribution in [3.05, 3.63) is 95.8 Å². The number of rotatable bonds is 2. The van der Waals surface area contributed by atoms with E-state index in [1.165, 1.54) is 12.1 Å². The average Bonchev–Trinajstić information content (AvgIpc) is 2.63. The maximum Gasteiger partial charge on any atom is 0.262 e. The smallest absolute Gasteiger partial charge is 0.262 e. The minimum Gasteiger partial charge on any atom is -0.360 e. The summed E-state index contributed by atoms with van der Waals surface area (Å²) in [5, 5.41) is 3.39. The lowest BCUT2D eigenvalue weighted by molar-refractivity contribution is 0.0975. The summed E-state index contributed by atoms with van der Waals surface area (Å²) in [5.41, 5.74) is 3.02. The molecule has 0 aliphatic carbocycles. The number of nitrogens with one attached hydrogen (secondary N) is 1. The third-order valence-electron chi connectivity index (χ3n) is 4.15. The molecule has 1 heterocycles. The van der Waals surface area contributed by atoms with Crippen LogP contribution in [0.1, 0.15) is 22.1 Å². The number of fused-ring (bicyclic) bond motifs is 1. The van der Waals surface area contributed by atoms with E-state index in [1.54, 1.807) is 17.0 Å². The molecule has 0 aromatic heterocycles. The number of hydrogen-bond donors (Lipinski definition) is 1. The van der Waals surface area contributed by atoms with Gasteiger partial charge in [-0.1, -0.05) is 42.5 Å². The van der Waals surface area contributed by atoms with Gasteiger partial charge in [-0.3, -0.25) is 9.69 Å². The number of benzene rings is 3. The van der Waals surface area contributed by atoms with Gasteiger partial charge < -0.3 is 5.32 Å². The molecular weight excluding hydrogens is 303 g/mol. The molecule has 0 radical (unpaired) electrons. The van der Waals surface area contributed by atoms with Crippen molar-refractivity contribution in [3.8, 4) is 0 Å². The zero-order valence-electron chi connectivity index (χ0n) is 12.8. The predicted molar refractivity (Wildman–Crippen MR) is 92.5 cm³/mol. The average molecular weight is 318 g/mol. The Hall–Kier alpha value is -3.14. The maximum absolute atomic E-state index is 13.3. The molecular formula is C20H15FN2O. The number of halogens is 1. The van der Waals surface area contributed by atoms with E-state index >= 15 is 0 Å². The fraction of sp³-hybridized carbons (Fsp3) is 0.0500. The standard InChI is InChI=1S/C20H15FN2O/c21-15-12-10-14(11-13-15)19-22-18-9-5-4-8-17(18)20(24)23(19)16-6-2-1-3-7-16/h1-13,19,22H/t19-/m1/s1. The number of nitrogens with zero attached hydrogens (tertiary/aromatic N) is 1. The van der Waals surface area contributed by atoms with Crippen LogP contribution in [0.25, 0.3) is 0 Å². The summed E-state index contributed by atoms with van der Waals surface area (Å²) in [4.78, 5) is 14.8. The molecule has 3 aromatic carbocycles. The second kappa shape index (κ2) is 5.81. The lowest BCUT2D eigenvalue weighted by Gasteiger charge is -2.38. The first kappa shape index (κ1) is 14.5. The van der Waals surface area contributed by atoms with Gasteiger partial charge in [0.15, 0.2) is 0 Å². The fourth-order valence-electron chi connectivity index (χ4n) is 2.99. The molecule has 1 N–H and O–H groups in total. The minimum absolute atomic E-state index is 0.0788. The first-order chi connectivity index (χ1) is 11.7. The molecule has 1 aliphatic heterocycles. The van der Waals surface area contributed by atoms with E-state index in [2.05, 4.69) is 5.32 Å². The lowest BCUT2D eigenvalue weighted by atomic mass is 10.0. The van der Waals surface area contributed by atoms with Crippen molar-refractivity contribution in [1.29, 1.82) is 0 Å². The van der Waals surface area contributed by atoms with Crippen molar-refractivity contribution in [2.45, 2.75) is 6.17 Å². The third-order valence-corrected chi connectivity index (χ3v) is 4.15. The van der Waals surface area contributed by atoms with Crippen molar-refractivity contribution in [2.75, 3.05) is 10.2 Å². The Morgan fingerprint density at radius 1 is 0.833 bits per heavy atom. The topological polar surface area (TPSA) is 32.3 Å². The number of anilines is 2. The second-order valence-corrected chi connectivity index (χ2v) is 5.65. The van der Waals surface area contributed by atoms with Crippen molar-refractivity contribution < 1.29 is 9.18 Å². The fourth-order valence-corrected chi connectivity index (χ4v) is 2.99. The largest absolute Gasteiger partial charge is 0.360 e. The Morgan fingerprint density at radius 3 is 2.25 bits per heavy atom. The lowest BCUT2D eigenvalue weighted by Crippen LogP contribution is -2.43. The normalized spacial score (nSPS) is 16.5. The maximum atomic E-state index is 13.3. The number of amides is 1. The van der Waals surface area contributed by atoms with Gasteiger partial charge >= 0.3 is 0 Å². The monoisotopic (exact) mass is 318 g/mol. The molecule has 4 heteroatoms. The number of carbonyl (C=O) groups excluding carboxylic acids is 1. The summed E-state index contributed by atoms with van der Waals surface area (Å²) >= 11 is 0. The highest BCUT2D eigenvalue weighted by molar-refractivity contribution is 6.12. The molecule has 3 aromatic rings. The molecule has 1 amide bonds. The Kier molecular flexibility index (Phi) is 3.50. The highest BCUT2D eigenvalue weighted by Gasteiger charge is 2.33. The molecule has 0 fully saturated rings. The van der Waals surface area contributed by atoms with Crippen LogP contribution in [-0.4, -0.2) is 5.91 Å². The molecule has 1 atom stereocenters. The Labute approximate surface area is 139 Å². The first-order valence-corrected chi connectivity index (χ1v) is 7.74. The van der Waals surface area contributed by atoms with Gasteiger partial charge in [0.25, 0.3) is 5.91 Å². The van der Waals surface area contributed by atoms with Crippen molar-refractivity contribution in [2.24, 2.45) is 0 Å². The van der Waals surface area contributed by atoms with E-state index in [9.17, 15) is 9.18 Å². The van der Waals surface area contributed by atoms with Gasteiger partial charge in [0.1, 0.15) is 12.0 Å². The molecule has 0 bridgehead atoms. The molecule has 0 saturated carbocycles. The van der Waals surface area contributed by atoms with Crippen LogP contribution in [0.15, 0.2) is 78.9 Å². The Bertz CT molecular complexity index is 878. The van der Waals surface area contributed by atoms with Gasteiger partial charge in [0.2, 0.25) is 0 Å². The van der Waals surface area contributed by atoms with Crippen molar-refractivity contribution >= 4 is 17.3 Å². The van der Waals surface area contributed by atoms with Gasteiger partial charge in [0.05, 0.1) is 5.56 Å². The van der Waals surface area contributed by atoms with E-state index in [0.29, 0.717) is 5.56 Å². The molecule has 4 rings (SSSR count). The molecule has 118 valence electrons. The van der Waals surface area contributed by atoms with Crippen LogP contribution in [0, 0.1) is 5.82 Å². The zero-order valence-corrected chi connectivity index (χ0v) is 12.8. The van der Waals surface area contributed by atoms with Gasteiger partial charge in [-0.05, 0) is 42.0 Å². The summed E-state index contributed by atoms with van der Waals surface area (Å²) in [6.45, 7) is 0.